The summed E-state index contributed by atoms with van der Waals surface area (Å²) in [7, 11) is 0. The van der Waals surface area contributed by atoms with Gasteiger partial charge < -0.3 is 19.7 Å². The summed E-state index contributed by atoms with van der Waals surface area (Å²) in [6.07, 6.45) is 4.33. The Labute approximate surface area is 251 Å². The number of rotatable bonds is 8. The van der Waals surface area contributed by atoms with E-state index in [1.807, 2.05) is 25.1 Å². The highest BCUT2D eigenvalue weighted by atomic mass is 35.5. The first-order valence-corrected chi connectivity index (χ1v) is 15.1. The number of hydrogen-bond acceptors (Lipinski definition) is 8. The van der Waals surface area contributed by atoms with Gasteiger partial charge in [-0.05, 0) is 49.6 Å². The summed E-state index contributed by atoms with van der Waals surface area (Å²) < 4.78 is 11.2. The van der Waals surface area contributed by atoms with E-state index in [9.17, 15) is 4.79 Å². The van der Waals surface area contributed by atoms with Gasteiger partial charge in [-0.25, -0.2) is 4.98 Å². The molecule has 6 rings (SSSR count). The molecular formula is C31H35Cl2N5O3. The highest BCUT2D eigenvalue weighted by Gasteiger charge is 2.44. The average molecular weight is 597 g/mol. The molecule has 0 radical (unpaired) electrons. The molecule has 5 heterocycles. The van der Waals surface area contributed by atoms with Crippen LogP contribution in [0.25, 0.3) is 11.3 Å². The van der Waals surface area contributed by atoms with E-state index in [4.69, 9.17) is 37.7 Å². The Morgan fingerprint density at radius 3 is 2.78 bits per heavy atom. The minimum Gasteiger partial charge on any atom is -0.493 e. The van der Waals surface area contributed by atoms with Crippen LogP contribution in [0.5, 0.6) is 5.75 Å². The number of para-hydroxylation sites is 1. The van der Waals surface area contributed by atoms with E-state index in [-0.39, 0.29) is 17.6 Å². The molecule has 3 aromatic rings. The van der Waals surface area contributed by atoms with Crippen LogP contribution in [-0.2, 0) is 21.5 Å². The summed E-state index contributed by atoms with van der Waals surface area (Å²) in [5.41, 5.74) is 4.36. The van der Waals surface area contributed by atoms with E-state index in [0.717, 1.165) is 80.5 Å². The molecule has 10 heteroatoms. The highest BCUT2D eigenvalue weighted by Crippen LogP contribution is 2.44. The maximum absolute atomic E-state index is 10.9. The van der Waals surface area contributed by atoms with Crippen LogP contribution in [0.4, 0.5) is 5.82 Å². The van der Waals surface area contributed by atoms with Gasteiger partial charge in [0.1, 0.15) is 17.7 Å². The number of halogens is 2. The van der Waals surface area contributed by atoms with E-state index >= 15 is 0 Å². The number of piperidine rings is 1. The minimum absolute atomic E-state index is 0.0365. The molecular weight excluding hydrogens is 561 g/mol. The van der Waals surface area contributed by atoms with Crippen molar-refractivity contribution >= 4 is 35.5 Å². The summed E-state index contributed by atoms with van der Waals surface area (Å²) in [5, 5.41) is 4.67. The number of pyridine rings is 2. The Balaban J connectivity index is 1.29. The number of fused-ring (bicyclic) bond motifs is 2. The summed E-state index contributed by atoms with van der Waals surface area (Å²) in [5.74, 6) is 1.64. The van der Waals surface area contributed by atoms with Crippen LogP contribution >= 0.6 is 23.2 Å². The summed E-state index contributed by atoms with van der Waals surface area (Å²) in [6, 6.07) is 14.6. The van der Waals surface area contributed by atoms with Crippen molar-refractivity contribution in [1.82, 2.24) is 20.2 Å². The number of nitrogens with zero attached hydrogens (tertiary/aromatic N) is 4. The molecule has 8 nitrogen and oxygen atoms in total. The molecule has 3 aliphatic rings. The number of nitrogens with one attached hydrogen (secondary N) is 1. The van der Waals surface area contributed by atoms with Gasteiger partial charge in [-0.15, -0.1) is 0 Å². The zero-order valence-electron chi connectivity index (χ0n) is 23.2. The van der Waals surface area contributed by atoms with Gasteiger partial charge in [-0.1, -0.05) is 41.4 Å². The van der Waals surface area contributed by atoms with Gasteiger partial charge in [-0.2, -0.15) is 0 Å². The molecule has 2 atom stereocenters. The predicted molar refractivity (Wildman–Crippen MR) is 161 cm³/mol. The second-order valence-corrected chi connectivity index (χ2v) is 12.1. The van der Waals surface area contributed by atoms with Crippen molar-refractivity contribution in [3.8, 4) is 17.0 Å². The van der Waals surface area contributed by atoms with Crippen molar-refractivity contribution in [2.45, 2.75) is 50.3 Å². The zero-order chi connectivity index (χ0) is 28.4. The lowest BCUT2D eigenvalue weighted by molar-refractivity contribution is -0.132. The van der Waals surface area contributed by atoms with Crippen LogP contribution in [0.2, 0.25) is 10.0 Å². The molecule has 41 heavy (non-hydrogen) atoms. The average Bonchev–Trinajstić information content (AvgIpc) is 3.41. The van der Waals surface area contributed by atoms with Crippen LogP contribution in [-0.4, -0.2) is 72.8 Å². The third kappa shape index (κ3) is 5.89. The molecule has 0 amide bonds. The Hall–Kier alpha value is -2.91. The molecule has 216 valence electrons. The molecule has 1 N–H and O–H groups in total. The molecule has 2 fully saturated rings. The van der Waals surface area contributed by atoms with E-state index in [2.05, 4.69) is 38.3 Å². The SMILES string of the molecule is CCOc1ccccc1-c1ccc2c(n1)CN(C[C@H]1C[C@H](OC=O)CN1)CC21CCN(c2ncc(Cl)cc2Cl)CC1. The smallest absolute Gasteiger partial charge is 0.293 e. The molecule has 2 aromatic heterocycles. The molecule has 0 aliphatic carbocycles. The molecule has 3 aliphatic heterocycles. The van der Waals surface area contributed by atoms with Gasteiger partial charge in [-0.3, -0.25) is 14.7 Å². The van der Waals surface area contributed by atoms with Gasteiger partial charge >= 0.3 is 0 Å². The van der Waals surface area contributed by atoms with Crippen LogP contribution in [0.15, 0.2) is 48.7 Å². The van der Waals surface area contributed by atoms with Gasteiger partial charge in [0.25, 0.3) is 6.47 Å². The summed E-state index contributed by atoms with van der Waals surface area (Å²) >= 11 is 12.6. The molecule has 1 spiro atoms. The largest absolute Gasteiger partial charge is 0.493 e. The minimum atomic E-state index is -0.0665. The van der Waals surface area contributed by atoms with Gasteiger partial charge in [0.2, 0.25) is 0 Å². The Morgan fingerprint density at radius 1 is 1.17 bits per heavy atom. The van der Waals surface area contributed by atoms with Crippen molar-refractivity contribution in [3.05, 3.63) is 70.0 Å². The Morgan fingerprint density at radius 2 is 2.00 bits per heavy atom. The van der Waals surface area contributed by atoms with E-state index in [0.29, 0.717) is 29.7 Å². The Kier molecular flexibility index (Phi) is 8.35. The molecule has 2 saturated heterocycles. The fourth-order valence-corrected chi connectivity index (χ4v) is 7.25. The number of carbonyl (C=O) groups excluding carboxylic acids is 1. The fraction of sp³-hybridized carbons (Fsp3) is 0.452. The van der Waals surface area contributed by atoms with Crippen molar-refractivity contribution in [1.29, 1.82) is 0 Å². The van der Waals surface area contributed by atoms with Crippen molar-refractivity contribution in [2.24, 2.45) is 0 Å². The first kappa shape index (κ1) is 28.2. The fourth-order valence-electron chi connectivity index (χ4n) is 6.75. The van der Waals surface area contributed by atoms with E-state index < -0.39 is 0 Å². The molecule has 0 saturated carbocycles. The topological polar surface area (TPSA) is 79.8 Å². The van der Waals surface area contributed by atoms with Crippen molar-refractivity contribution < 1.29 is 14.3 Å². The first-order chi connectivity index (χ1) is 20.0. The highest BCUT2D eigenvalue weighted by molar-refractivity contribution is 6.36. The monoisotopic (exact) mass is 595 g/mol. The van der Waals surface area contributed by atoms with Crippen LogP contribution in [0.1, 0.15) is 37.4 Å². The molecule has 0 unspecified atom stereocenters. The maximum Gasteiger partial charge on any atom is 0.293 e. The van der Waals surface area contributed by atoms with Crippen LogP contribution < -0.4 is 15.0 Å². The summed E-state index contributed by atoms with van der Waals surface area (Å²) in [4.78, 5) is 25.5. The van der Waals surface area contributed by atoms with Crippen molar-refractivity contribution in [3.63, 3.8) is 0 Å². The Bertz CT molecular complexity index is 1400. The van der Waals surface area contributed by atoms with Crippen LogP contribution in [0.3, 0.4) is 0 Å². The number of carbonyl (C=O) groups is 1. The predicted octanol–water partition coefficient (Wildman–Crippen LogP) is 5.11. The molecule has 0 bridgehead atoms. The lowest BCUT2D eigenvalue weighted by Gasteiger charge is -2.49. The number of hydrogen-bond donors (Lipinski definition) is 1. The first-order valence-electron chi connectivity index (χ1n) is 14.3. The lowest BCUT2D eigenvalue weighted by atomic mass is 9.69. The summed E-state index contributed by atoms with van der Waals surface area (Å²) in [6.45, 7) is 8.12. The second kappa shape index (κ2) is 12.1. The quantitative estimate of drug-likeness (QED) is 0.360. The van der Waals surface area contributed by atoms with Gasteiger partial charge in [0, 0.05) is 68.9 Å². The van der Waals surface area contributed by atoms with Crippen LogP contribution in [0, 0.1) is 0 Å². The van der Waals surface area contributed by atoms with E-state index in [1.165, 1.54) is 5.56 Å². The second-order valence-electron chi connectivity index (χ2n) is 11.2. The van der Waals surface area contributed by atoms with Gasteiger partial charge in [0.05, 0.1) is 28.0 Å². The van der Waals surface area contributed by atoms with E-state index in [1.54, 1.807) is 12.3 Å². The molecule has 1 aromatic carbocycles. The third-order valence-corrected chi connectivity index (χ3v) is 9.11. The zero-order valence-corrected chi connectivity index (χ0v) is 24.7. The normalized spacial score (nSPS) is 22.0. The number of aromatic nitrogens is 2. The van der Waals surface area contributed by atoms with Gasteiger partial charge in [0.15, 0.2) is 0 Å². The standard InChI is InChI=1S/C31H35Cl2N5O3/c1-2-40-29-6-4-3-5-24(29)27-8-7-25-28(36-27)18-37(17-22-14-23(16-34-22)41-20-39)19-31(25)9-11-38(12-10-31)30-26(33)13-21(32)15-35-30/h3-8,13,15,20,22-23,34H,2,9-12,14,16-19H2,1H3/t22-,23+/m1/s1. The number of anilines is 1. The maximum atomic E-state index is 10.9. The lowest BCUT2D eigenvalue weighted by Crippen LogP contribution is -2.54. The number of benzene rings is 1. The van der Waals surface area contributed by atoms with Crippen molar-refractivity contribution in [2.75, 3.05) is 44.2 Å². The number of ether oxygens (including phenoxy) is 2. The third-order valence-electron chi connectivity index (χ3n) is 8.62.